The van der Waals surface area contributed by atoms with Gasteiger partial charge in [-0.15, -0.1) is 0 Å². The van der Waals surface area contributed by atoms with Crippen LogP contribution in [0.4, 0.5) is 5.69 Å². The Bertz CT molecular complexity index is 1430. The zero-order chi connectivity index (χ0) is 25.0. The van der Waals surface area contributed by atoms with Gasteiger partial charge in [0.1, 0.15) is 11.3 Å². The molecule has 0 unspecified atom stereocenters. The van der Waals surface area contributed by atoms with Gasteiger partial charge < -0.3 is 23.9 Å². The maximum absolute atomic E-state index is 12.9. The lowest BCUT2D eigenvalue weighted by atomic mass is 10.2. The number of hydrogen-bond donors (Lipinski definition) is 1. The monoisotopic (exact) mass is 502 g/mol. The number of anilines is 1. The summed E-state index contributed by atoms with van der Waals surface area (Å²) in [6.07, 6.45) is 0. The third-order valence-corrected chi connectivity index (χ3v) is 7.12. The predicted octanol–water partition coefficient (Wildman–Crippen LogP) is 1.62. The number of nitrogens with one attached hydrogen (secondary N) is 1. The summed E-state index contributed by atoms with van der Waals surface area (Å²) < 4.78 is 47.9. The summed E-state index contributed by atoms with van der Waals surface area (Å²) in [4.78, 5) is 36.9. The van der Waals surface area contributed by atoms with Crippen molar-refractivity contribution in [1.82, 2.24) is 4.31 Å². The molecule has 1 amide bonds. The molecule has 35 heavy (non-hydrogen) atoms. The van der Waals surface area contributed by atoms with Crippen molar-refractivity contribution >= 4 is 38.6 Å². The van der Waals surface area contributed by atoms with Crippen LogP contribution in [0.5, 0.6) is 5.75 Å². The molecule has 12 heteroatoms. The van der Waals surface area contributed by atoms with Gasteiger partial charge in [0.2, 0.25) is 15.8 Å². The highest BCUT2D eigenvalue weighted by molar-refractivity contribution is 7.89. The summed E-state index contributed by atoms with van der Waals surface area (Å²) in [5.41, 5.74) is -0.133. The number of morpholine rings is 1. The number of carbonyl (C=O) groups is 2. The molecule has 0 radical (unpaired) electrons. The minimum atomic E-state index is -3.81. The summed E-state index contributed by atoms with van der Waals surface area (Å²) in [5.74, 6) is -1.89. The SMILES string of the molecule is COc1ccc(S(=O)(=O)N2CCOCC2)cc1NC(=O)COC(=O)c1cc(=O)c2ccccc2o1. The van der Waals surface area contributed by atoms with E-state index in [9.17, 15) is 22.8 Å². The fourth-order valence-corrected chi connectivity index (χ4v) is 4.91. The first-order valence-corrected chi connectivity index (χ1v) is 12.0. The molecule has 2 heterocycles. The van der Waals surface area contributed by atoms with Crippen molar-refractivity contribution in [2.45, 2.75) is 4.90 Å². The van der Waals surface area contributed by atoms with Crippen molar-refractivity contribution in [3.63, 3.8) is 0 Å². The molecule has 0 bridgehead atoms. The molecule has 1 N–H and O–H groups in total. The van der Waals surface area contributed by atoms with E-state index >= 15 is 0 Å². The topological polar surface area (TPSA) is 141 Å². The molecule has 0 saturated carbocycles. The first-order valence-electron chi connectivity index (χ1n) is 10.6. The molecule has 1 aliphatic heterocycles. The highest BCUT2D eigenvalue weighted by atomic mass is 32.2. The Morgan fingerprint density at radius 1 is 1.09 bits per heavy atom. The Kier molecular flexibility index (Phi) is 7.15. The van der Waals surface area contributed by atoms with Crippen molar-refractivity contribution in [3.05, 3.63) is 64.5 Å². The molecule has 1 fully saturated rings. The number of amides is 1. The number of benzene rings is 2. The second-order valence-corrected chi connectivity index (χ2v) is 9.41. The number of hydrogen-bond acceptors (Lipinski definition) is 9. The zero-order valence-corrected chi connectivity index (χ0v) is 19.5. The standard InChI is InChI=1S/C23H22N2O9S/c1-31-20-7-6-15(35(29,30)25-8-10-32-11-9-25)12-17(20)24-22(27)14-33-23(28)21-13-18(26)16-4-2-3-5-19(16)34-21/h2-7,12-13H,8-11,14H2,1H3,(H,24,27). The van der Waals surface area contributed by atoms with E-state index in [1.54, 1.807) is 18.2 Å². The van der Waals surface area contributed by atoms with Crippen molar-refractivity contribution in [1.29, 1.82) is 0 Å². The fraction of sp³-hybridized carbons (Fsp3) is 0.261. The lowest BCUT2D eigenvalue weighted by Gasteiger charge is -2.26. The lowest BCUT2D eigenvalue weighted by Crippen LogP contribution is -2.40. The van der Waals surface area contributed by atoms with E-state index in [-0.39, 0.29) is 40.8 Å². The molecule has 1 aliphatic rings. The van der Waals surface area contributed by atoms with E-state index in [4.69, 9.17) is 18.6 Å². The molecule has 184 valence electrons. The molecule has 0 spiro atoms. The Morgan fingerprint density at radius 3 is 2.57 bits per heavy atom. The number of carbonyl (C=O) groups excluding carboxylic acids is 2. The smallest absolute Gasteiger partial charge is 0.374 e. The van der Waals surface area contributed by atoms with Gasteiger partial charge in [-0.1, -0.05) is 12.1 Å². The van der Waals surface area contributed by atoms with Crippen LogP contribution in [0.25, 0.3) is 11.0 Å². The first-order chi connectivity index (χ1) is 16.8. The predicted molar refractivity (Wildman–Crippen MR) is 124 cm³/mol. The summed E-state index contributed by atoms with van der Waals surface area (Å²) >= 11 is 0. The van der Waals surface area contributed by atoms with Crippen LogP contribution in [0.15, 0.2) is 62.6 Å². The van der Waals surface area contributed by atoms with Crippen LogP contribution in [-0.2, 0) is 24.3 Å². The van der Waals surface area contributed by atoms with E-state index in [0.29, 0.717) is 18.6 Å². The Morgan fingerprint density at radius 2 is 1.83 bits per heavy atom. The van der Waals surface area contributed by atoms with Crippen molar-refractivity contribution in [2.75, 3.05) is 45.3 Å². The minimum Gasteiger partial charge on any atom is -0.495 e. The molecule has 0 atom stereocenters. The maximum Gasteiger partial charge on any atom is 0.374 e. The maximum atomic E-state index is 12.9. The quantitative estimate of drug-likeness (QED) is 0.477. The van der Waals surface area contributed by atoms with E-state index in [1.165, 1.54) is 35.7 Å². The van der Waals surface area contributed by atoms with Gasteiger partial charge in [0.25, 0.3) is 5.91 Å². The van der Waals surface area contributed by atoms with Gasteiger partial charge in [-0.3, -0.25) is 9.59 Å². The molecular formula is C23H22N2O9S. The summed E-state index contributed by atoms with van der Waals surface area (Å²) in [6, 6.07) is 11.5. The Labute approximate surface area is 200 Å². The molecule has 3 aromatic rings. The minimum absolute atomic E-state index is 0.0366. The van der Waals surface area contributed by atoms with Crippen LogP contribution in [0.3, 0.4) is 0 Å². The van der Waals surface area contributed by atoms with Crippen LogP contribution < -0.4 is 15.5 Å². The molecule has 2 aromatic carbocycles. The molecule has 1 aromatic heterocycles. The third-order valence-electron chi connectivity index (χ3n) is 5.22. The van der Waals surface area contributed by atoms with Crippen molar-refractivity contribution in [3.8, 4) is 5.75 Å². The van der Waals surface area contributed by atoms with Crippen LogP contribution in [0, 0.1) is 0 Å². The number of esters is 1. The number of sulfonamides is 1. The Hall–Kier alpha value is -3.74. The van der Waals surface area contributed by atoms with Crippen LogP contribution in [-0.4, -0.2) is 64.6 Å². The van der Waals surface area contributed by atoms with Gasteiger partial charge in [-0.05, 0) is 30.3 Å². The van der Waals surface area contributed by atoms with E-state index in [2.05, 4.69) is 5.32 Å². The number of nitrogens with zero attached hydrogens (tertiary/aromatic N) is 1. The van der Waals surface area contributed by atoms with Crippen LogP contribution >= 0.6 is 0 Å². The van der Waals surface area contributed by atoms with Gasteiger partial charge in [0.05, 0.1) is 36.3 Å². The van der Waals surface area contributed by atoms with Gasteiger partial charge in [0, 0.05) is 19.2 Å². The number of fused-ring (bicyclic) bond motifs is 1. The van der Waals surface area contributed by atoms with Crippen LogP contribution in [0.1, 0.15) is 10.6 Å². The summed E-state index contributed by atoms with van der Waals surface area (Å²) in [5, 5.41) is 2.79. The normalized spacial score (nSPS) is 14.4. The first kappa shape index (κ1) is 24.4. The highest BCUT2D eigenvalue weighted by Crippen LogP contribution is 2.29. The van der Waals surface area contributed by atoms with Crippen molar-refractivity contribution in [2.24, 2.45) is 0 Å². The Balaban J connectivity index is 1.46. The second-order valence-electron chi connectivity index (χ2n) is 7.47. The second kappa shape index (κ2) is 10.3. The van der Waals surface area contributed by atoms with E-state index in [0.717, 1.165) is 6.07 Å². The number of rotatable bonds is 7. The van der Waals surface area contributed by atoms with Gasteiger partial charge >= 0.3 is 5.97 Å². The van der Waals surface area contributed by atoms with Gasteiger partial charge in [-0.2, -0.15) is 4.31 Å². The highest BCUT2D eigenvalue weighted by Gasteiger charge is 2.27. The zero-order valence-electron chi connectivity index (χ0n) is 18.7. The molecule has 1 saturated heterocycles. The molecular weight excluding hydrogens is 480 g/mol. The largest absolute Gasteiger partial charge is 0.495 e. The lowest BCUT2D eigenvalue weighted by molar-refractivity contribution is -0.119. The molecule has 4 rings (SSSR count). The molecule has 0 aliphatic carbocycles. The summed E-state index contributed by atoms with van der Waals surface area (Å²) in [6.45, 7) is 0.316. The average Bonchev–Trinajstić information content (AvgIpc) is 2.87. The third kappa shape index (κ3) is 5.34. The average molecular weight is 503 g/mol. The van der Waals surface area contributed by atoms with Gasteiger partial charge in [-0.25, -0.2) is 13.2 Å². The number of para-hydroxylation sites is 1. The van der Waals surface area contributed by atoms with Gasteiger partial charge in [0.15, 0.2) is 12.0 Å². The number of methoxy groups -OCH3 is 1. The fourth-order valence-electron chi connectivity index (χ4n) is 3.47. The summed E-state index contributed by atoms with van der Waals surface area (Å²) in [7, 11) is -2.45. The number of ether oxygens (including phenoxy) is 3. The van der Waals surface area contributed by atoms with Crippen LogP contribution in [0.2, 0.25) is 0 Å². The van der Waals surface area contributed by atoms with E-state index < -0.39 is 33.9 Å². The van der Waals surface area contributed by atoms with E-state index in [1.807, 2.05) is 0 Å². The molecule has 11 nitrogen and oxygen atoms in total. The van der Waals surface area contributed by atoms with Crippen molar-refractivity contribution < 1.29 is 36.6 Å².